The van der Waals surface area contributed by atoms with Gasteiger partial charge < -0.3 is 10.6 Å². The van der Waals surface area contributed by atoms with E-state index in [1.807, 2.05) is 6.07 Å². The van der Waals surface area contributed by atoms with Crippen LogP contribution in [0.15, 0.2) is 18.2 Å². The van der Waals surface area contributed by atoms with Crippen LogP contribution in [0.5, 0.6) is 0 Å². The minimum atomic E-state index is -0.163. The fourth-order valence-corrected chi connectivity index (χ4v) is 2.07. The Balaban J connectivity index is 2.53. The van der Waals surface area contributed by atoms with E-state index in [1.54, 1.807) is 19.1 Å². The summed E-state index contributed by atoms with van der Waals surface area (Å²) in [5, 5.41) is 0. The van der Waals surface area contributed by atoms with Gasteiger partial charge in [-0.3, -0.25) is 0 Å². The highest BCUT2D eigenvalue weighted by Crippen LogP contribution is 2.17. The predicted molar refractivity (Wildman–Crippen MR) is 75.1 cm³/mol. The predicted octanol–water partition coefficient (Wildman–Crippen LogP) is 3.26. The largest absolute Gasteiger partial charge is 0.324 e. The van der Waals surface area contributed by atoms with Gasteiger partial charge in [-0.05, 0) is 56.6 Å². The van der Waals surface area contributed by atoms with Crippen LogP contribution in [-0.4, -0.2) is 24.5 Å². The summed E-state index contributed by atoms with van der Waals surface area (Å²) in [6, 6.07) is 5.22. The van der Waals surface area contributed by atoms with Gasteiger partial charge in [-0.2, -0.15) is 0 Å². The van der Waals surface area contributed by atoms with Crippen molar-refractivity contribution in [3.63, 3.8) is 0 Å². The Morgan fingerprint density at radius 2 is 2.00 bits per heavy atom. The van der Waals surface area contributed by atoms with Crippen LogP contribution in [0, 0.1) is 12.7 Å². The molecule has 0 bridgehead atoms. The first-order valence-electron chi connectivity index (χ1n) is 6.82. The highest BCUT2D eigenvalue weighted by atomic mass is 19.1. The van der Waals surface area contributed by atoms with E-state index in [0.29, 0.717) is 5.56 Å². The lowest BCUT2D eigenvalue weighted by Gasteiger charge is -2.22. The molecular weight excluding hydrogens is 227 g/mol. The van der Waals surface area contributed by atoms with Gasteiger partial charge in [0.1, 0.15) is 5.82 Å². The number of rotatable bonds is 7. The summed E-state index contributed by atoms with van der Waals surface area (Å²) in [7, 11) is 0. The van der Waals surface area contributed by atoms with Crippen molar-refractivity contribution in [1.82, 2.24) is 4.90 Å². The summed E-state index contributed by atoms with van der Waals surface area (Å²) in [4.78, 5) is 2.38. The molecule has 0 aliphatic rings. The fraction of sp³-hybridized carbons (Fsp3) is 0.600. The molecule has 0 saturated heterocycles. The lowest BCUT2D eigenvalue weighted by Crippen LogP contribution is -2.28. The lowest BCUT2D eigenvalue weighted by atomic mass is 10.0. The molecule has 0 fully saturated rings. The van der Waals surface area contributed by atoms with Gasteiger partial charge in [-0.1, -0.05) is 26.0 Å². The van der Waals surface area contributed by atoms with Crippen molar-refractivity contribution < 1.29 is 4.39 Å². The number of hydrogen-bond donors (Lipinski definition) is 1. The number of nitrogens with zero attached hydrogens (tertiary/aromatic N) is 1. The molecular formula is C15H25FN2. The summed E-state index contributed by atoms with van der Waals surface area (Å²) in [6.45, 7) is 9.23. The summed E-state index contributed by atoms with van der Waals surface area (Å²) in [5.41, 5.74) is 7.69. The van der Waals surface area contributed by atoms with Gasteiger partial charge in [-0.15, -0.1) is 0 Å². The third-order valence-corrected chi connectivity index (χ3v) is 3.37. The minimum Gasteiger partial charge on any atom is -0.324 e. The number of hydrogen-bond acceptors (Lipinski definition) is 2. The van der Waals surface area contributed by atoms with Gasteiger partial charge in [0.25, 0.3) is 0 Å². The minimum absolute atomic E-state index is 0.0778. The molecule has 0 radical (unpaired) electrons. The van der Waals surface area contributed by atoms with E-state index in [0.717, 1.165) is 38.0 Å². The quantitative estimate of drug-likeness (QED) is 0.807. The molecule has 0 aromatic heterocycles. The van der Waals surface area contributed by atoms with E-state index in [9.17, 15) is 4.39 Å². The van der Waals surface area contributed by atoms with E-state index in [1.165, 1.54) is 0 Å². The maximum absolute atomic E-state index is 13.5. The molecule has 0 spiro atoms. The number of halogens is 1. The van der Waals surface area contributed by atoms with Crippen LogP contribution in [0.25, 0.3) is 0 Å². The molecule has 0 amide bonds. The maximum atomic E-state index is 13.5. The monoisotopic (exact) mass is 252 g/mol. The highest BCUT2D eigenvalue weighted by Gasteiger charge is 2.10. The van der Waals surface area contributed by atoms with Crippen LogP contribution in [0.1, 0.15) is 43.9 Å². The molecule has 1 rings (SSSR count). The highest BCUT2D eigenvalue weighted by molar-refractivity contribution is 5.25. The average Bonchev–Trinajstić information content (AvgIpc) is 2.37. The topological polar surface area (TPSA) is 29.3 Å². The second-order valence-corrected chi connectivity index (χ2v) is 4.84. The maximum Gasteiger partial charge on any atom is 0.126 e. The van der Waals surface area contributed by atoms with Crippen molar-refractivity contribution in [2.75, 3.05) is 19.6 Å². The molecule has 1 unspecified atom stereocenters. The first kappa shape index (κ1) is 15.1. The zero-order valence-corrected chi connectivity index (χ0v) is 11.7. The fourth-order valence-electron chi connectivity index (χ4n) is 2.07. The molecule has 2 N–H and O–H groups in total. The van der Waals surface area contributed by atoms with E-state index in [2.05, 4.69) is 18.7 Å². The van der Waals surface area contributed by atoms with Crippen LogP contribution < -0.4 is 5.73 Å². The van der Waals surface area contributed by atoms with Crippen LogP contribution in [0.3, 0.4) is 0 Å². The first-order chi connectivity index (χ1) is 8.58. The van der Waals surface area contributed by atoms with Crippen molar-refractivity contribution in [1.29, 1.82) is 0 Å². The van der Waals surface area contributed by atoms with Crippen molar-refractivity contribution in [3.8, 4) is 0 Å². The molecule has 3 heteroatoms. The van der Waals surface area contributed by atoms with Crippen molar-refractivity contribution >= 4 is 0 Å². The SMILES string of the molecule is CCCN(CC)CCC(N)c1ccc(C)c(F)c1. The standard InChI is InChI=1S/C15H25FN2/c1-4-9-18(5-2)10-8-15(17)13-7-6-12(3)14(16)11-13/h6-7,11,15H,4-5,8-10,17H2,1-3H3. The van der Waals surface area contributed by atoms with E-state index < -0.39 is 0 Å². The van der Waals surface area contributed by atoms with Crippen molar-refractivity contribution in [2.45, 2.75) is 39.7 Å². The molecule has 1 aromatic carbocycles. The number of nitrogens with two attached hydrogens (primary N) is 1. The molecule has 0 aliphatic carbocycles. The zero-order chi connectivity index (χ0) is 13.5. The Labute approximate surface area is 110 Å². The van der Waals surface area contributed by atoms with Crippen LogP contribution >= 0.6 is 0 Å². The summed E-state index contributed by atoms with van der Waals surface area (Å²) in [5.74, 6) is -0.163. The van der Waals surface area contributed by atoms with E-state index in [4.69, 9.17) is 5.73 Å². The number of benzene rings is 1. The summed E-state index contributed by atoms with van der Waals surface area (Å²) >= 11 is 0. The number of aryl methyl sites for hydroxylation is 1. The summed E-state index contributed by atoms with van der Waals surface area (Å²) in [6.07, 6.45) is 2.03. The van der Waals surface area contributed by atoms with Gasteiger partial charge in [0.2, 0.25) is 0 Å². The Morgan fingerprint density at radius 3 is 2.56 bits per heavy atom. The second kappa shape index (κ2) is 7.49. The second-order valence-electron chi connectivity index (χ2n) is 4.84. The first-order valence-corrected chi connectivity index (χ1v) is 6.82. The molecule has 1 aromatic rings. The van der Waals surface area contributed by atoms with Gasteiger partial charge in [0, 0.05) is 6.04 Å². The molecule has 2 nitrogen and oxygen atoms in total. The van der Waals surface area contributed by atoms with Crippen LogP contribution in [0.2, 0.25) is 0 Å². The molecule has 1 atom stereocenters. The molecule has 0 heterocycles. The van der Waals surface area contributed by atoms with Gasteiger partial charge >= 0.3 is 0 Å². The Hall–Kier alpha value is -0.930. The normalized spacial score (nSPS) is 13.0. The van der Waals surface area contributed by atoms with Gasteiger partial charge in [0.05, 0.1) is 0 Å². The molecule has 0 aliphatic heterocycles. The molecule has 102 valence electrons. The van der Waals surface area contributed by atoms with E-state index >= 15 is 0 Å². The average molecular weight is 252 g/mol. The zero-order valence-electron chi connectivity index (χ0n) is 11.7. The van der Waals surface area contributed by atoms with Crippen LogP contribution in [-0.2, 0) is 0 Å². The molecule has 0 saturated carbocycles. The Kier molecular flexibility index (Phi) is 6.30. The smallest absolute Gasteiger partial charge is 0.126 e. The van der Waals surface area contributed by atoms with Crippen LogP contribution in [0.4, 0.5) is 4.39 Å². The third kappa shape index (κ3) is 4.39. The molecule has 18 heavy (non-hydrogen) atoms. The third-order valence-electron chi connectivity index (χ3n) is 3.37. The van der Waals surface area contributed by atoms with E-state index in [-0.39, 0.29) is 11.9 Å². The van der Waals surface area contributed by atoms with Crippen molar-refractivity contribution in [3.05, 3.63) is 35.1 Å². The van der Waals surface area contributed by atoms with Crippen molar-refractivity contribution in [2.24, 2.45) is 5.73 Å². The Bertz CT molecular complexity index is 366. The Morgan fingerprint density at radius 1 is 1.28 bits per heavy atom. The van der Waals surface area contributed by atoms with Gasteiger partial charge in [-0.25, -0.2) is 4.39 Å². The lowest BCUT2D eigenvalue weighted by molar-refractivity contribution is 0.277. The summed E-state index contributed by atoms with van der Waals surface area (Å²) < 4.78 is 13.5. The van der Waals surface area contributed by atoms with Gasteiger partial charge in [0.15, 0.2) is 0 Å².